The zero-order chi connectivity index (χ0) is 16.7. The maximum absolute atomic E-state index is 9.44. The Morgan fingerprint density at radius 1 is 0.917 bits per heavy atom. The number of nitrogens with zero attached hydrogens (tertiary/aromatic N) is 3. The first-order valence-corrected chi connectivity index (χ1v) is 7.45. The van der Waals surface area contributed by atoms with E-state index in [1.54, 1.807) is 12.3 Å². The predicted octanol–water partition coefficient (Wildman–Crippen LogP) is 4.70. The molecule has 0 unspecified atom stereocenters. The summed E-state index contributed by atoms with van der Waals surface area (Å²) in [6, 6.07) is 17.4. The molecule has 0 aliphatic carbocycles. The number of nitriles is 2. The summed E-state index contributed by atoms with van der Waals surface area (Å²) in [5, 5.41) is 20.4. The van der Waals surface area contributed by atoms with Gasteiger partial charge in [-0.3, -0.25) is 4.98 Å². The average molecular weight is 309 g/mol. The monoisotopic (exact) mass is 309 g/mol. The van der Waals surface area contributed by atoms with Crippen molar-refractivity contribution < 1.29 is 4.42 Å². The van der Waals surface area contributed by atoms with E-state index in [1.807, 2.05) is 49.4 Å². The number of aryl methyl sites for hydroxylation is 1. The third-order valence-electron chi connectivity index (χ3n) is 4.17. The number of benzene rings is 2. The smallest absolute Gasteiger partial charge is 0.154 e. The van der Waals surface area contributed by atoms with Gasteiger partial charge in [0.15, 0.2) is 5.58 Å². The summed E-state index contributed by atoms with van der Waals surface area (Å²) in [4.78, 5) is 4.43. The van der Waals surface area contributed by atoms with Crippen LogP contribution < -0.4 is 0 Å². The quantitative estimate of drug-likeness (QED) is 0.511. The third-order valence-corrected chi connectivity index (χ3v) is 4.17. The molecule has 0 saturated carbocycles. The number of furan rings is 1. The molecule has 0 bridgehead atoms. The number of fused-ring (bicyclic) bond motifs is 3. The van der Waals surface area contributed by atoms with Crippen molar-refractivity contribution >= 4 is 21.9 Å². The number of rotatable bonds is 1. The number of pyridine rings is 1. The van der Waals surface area contributed by atoms with Crippen molar-refractivity contribution in [2.75, 3.05) is 0 Å². The van der Waals surface area contributed by atoms with Crippen molar-refractivity contribution in [1.82, 2.24) is 4.98 Å². The van der Waals surface area contributed by atoms with Gasteiger partial charge in [0.1, 0.15) is 23.3 Å². The van der Waals surface area contributed by atoms with Gasteiger partial charge in [-0.25, -0.2) is 0 Å². The molecule has 0 aliphatic rings. The van der Waals surface area contributed by atoms with Crippen molar-refractivity contribution in [3.63, 3.8) is 0 Å². The molecule has 4 rings (SSSR count). The van der Waals surface area contributed by atoms with Gasteiger partial charge >= 0.3 is 0 Å². The van der Waals surface area contributed by atoms with Gasteiger partial charge in [0.2, 0.25) is 0 Å². The van der Waals surface area contributed by atoms with Crippen LogP contribution in [0.3, 0.4) is 0 Å². The van der Waals surface area contributed by atoms with Crippen LogP contribution in [0, 0.1) is 29.6 Å². The highest BCUT2D eigenvalue weighted by Crippen LogP contribution is 2.38. The van der Waals surface area contributed by atoms with E-state index in [4.69, 9.17) is 4.42 Å². The summed E-state index contributed by atoms with van der Waals surface area (Å²) in [6.07, 6.45) is 1.74. The number of hydrogen-bond acceptors (Lipinski definition) is 4. The van der Waals surface area contributed by atoms with Crippen molar-refractivity contribution in [2.45, 2.75) is 6.92 Å². The lowest BCUT2D eigenvalue weighted by Gasteiger charge is -2.05. The van der Waals surface area contributed by atoms with Gasteiger partial charge in [-0.15, -0.1) is 0 Å². The molecule has 0 spiro atoms. The predicted molar refractivity (Wildman–Crippen MR) is 91.1 cm³/mol. The minimum Gasteiger partial charge on any atom is -0.454 e. The highest BCUT2D eigenvalue weighted by molar-refractivity contribution is 6.11. The first-order chi connectivity index (χ1) is 11.7. The molecule has 0 atom stereocenters. The molecule has 0 N–H and O–H groups in total. The summed E-state index contributed by atoms with van der Waals surface area (Å²) >= 11 is 0. The van der Waals surface area contributed by atoms with Crippen molar-refractivity contribution in [3.8, 4) is 23.4 Å². The fourth-order valence-corrected chi connectivity index (χ4v) is 3.04. The molecule has 4 heteroatoms. The van der Waals surface area contributed by atoms with Crippen LogP contribution in [0.1, 0.15) is 16.7 Å². The van der Waals surface area contributed by atoms with Crippen LogP contribution >= 0.6 is 0 Å². The largest absolute Gasteiger partial charge is 0.454 e. The zero-order valence-electron chi connectivity index (χ0n) is 12.9. The van der Waals surface area contributed by atoms with Crippen LogP contribution in [-0.4, -0.2) is 4.98 Å². The molecule has 0 fully saturated rings. The van der Waals surface area contributed by atoms with Gasteiger partial charge in [-0.05, 0) is 36.8 Å². The molecule has 0 saturated heterocycles. The molecule has 0 radical (unpaired) electrons. The summed E-state index contributed by atoms with van der Waals surface area (Å²) in [7, 11) is 0. The van der Waals surface area contributed by atoms with Gasteiger partial charge in [0.05, 0.1) is 11.3 Å². The summed E-state index contributed by atoms with van der Waals surface area (Å²) < 4.78 is 6.07. The SMILES string of the molecule is Cc1ccc2c(oc3c(C#N)c(C#N)ccc32)c1-c1ccccn1. The molecule has 4 nitrogen and oxygen atoms in total. The van der Waals surface area contributed by atoms with Crippen molar-refractivity contribution in [2.24, 2.45) is 0 Å². The normalized spacial score (nSPS) is 10.6. The second-order valence-electron chi connectivity index (χ2n) is 5.54. The van der Waals surface area contributed by atoms with E-state index in [1.165, 1.54) is 0 Å². The second kappa shape index (κ2) is 5.22. The Labute approximate surface area is 138 Å². The third kappa shape index (κ3) is 1.87. The molecule has 0 aliphatic heterocycles. The molecule has 112 valence electrons. The van der Waals surface area contributed by atoms with Crippen LogP contribution in [-0.2, 0) is 0 Å². The van der Waals surface area contributed by atoms with Crippen LogP contribution in [0.25, 0.3) is 33.2 Å². The lowest BCUT2D eigenvalue weighted by Crippen LogP contribution is -1.86. The lowest BCUT2D eigenvalue weighted by molar-refractivity contribution is 0.668. The number of aromatic nitrogens is 1. The molecular weight excluding hydrogens is 298 g/mol. The maximum atomic E-state index is 9.44. The fourth-order valence-electron chi connectivity index (χ4n) is 3.04. The van der Waals surface area contributed by atoms with Crippen molar-refractivity contribution in [1.29, 1.82) is 10.5 Å². The van der Waals surface area contributed by atoms with E-state index in [0.29, 0.717) is 16.7 Å². The first-order valence-electron chi connectivity index (χ1n) is 7.45. The minimum absolute atomic E-state index is 0.274. The van der Waals surface area contributed by atoms with E-state index in [0.717, 1.165) is 27.6 Å². The Morgan fingerprint density at radius 3 is 2.42 bits per heavy atom. The molecule has 2 heterocycles. The molecule has 0 amide bonds. The maximum Gasteiger partial charge on any atom is 0.154 e. The Morgan fingerprint density at radius 2 is 1.71 bits per heavy atom. The molecule has 24 heavy (non-hydrogen) atoms. The van der Waals surface area contributed by atoms with Crippen LogP contribution in [0.15, 0.2) is 53.1 Å². The number of hydrogen-bond donors (Lipinski definition) is 0. The topological polar surface area (TPSA) is 73.6 Å². The van der Waals surface area contributed by atoms with Gasteiger partial charge in [-0.2, -0.15) is 10.5 Å². The van der Waals surface area contributed by atoms with Crippen LogP contribution in [0.2, 0.25) is 0 Å². The molecule has 2 aromatic carbocycles. The van der Waals surface area contributed by atoms with E-state index in [2.05, 4.69) is 11.1 Å². The fraction of sp³-hybridized carbons (Fsp3) is 0.0500. The highest BCUT2D eigenvalue weighted by atomic mass is 16.3. The zero-order valence-corrected chi connectivity index (χ0v) is 12.9. The summed E-state index contributed by atoms with van der Waals surface area (Å²) in [5.41, 5.74) is 4.50. The van der Waals surface area contributed by atoms with Gasteiger partial charge in [-0.1, -0.05) is 18.2 Å². The first kappa shape index (κ1) is 14.0. The highest BCUT2D eigenvalue weighted by Gasteiger charge is 2.18. The van der Waals surface area contributed by atoms with Gasteiger partial charge in [0, 0.05) is 22.5 Å². The Hall–Kier alpha value is -3.63. The Balaban J connectivity index is 2.19. The molecule has 4 aromatic rings. The molecule has 2 aromatic heterocycles. The lowest BCUT2D eigenvalue weighted by atomic mass is 10.00. The van der Waals surface area contributed by atoms with Crippen molar-refractivity contribution in [3.05, 3.63) is 65.4 Å². The Bertz CT molecular complexity index is 1180. The van der Waals surface area contributed by atoms with E-state index >= 15 is 0 Å². The van der Waals surface area contributed by atoms with E-state index in [-0.39, 0.29) is 5.56 Å². The average Bonchev–Trinajstić information content (AvgIpc) is 2.99. The van der Waals surface area contributed by atoms with E-state index < -0.39 is 0 Å². The Kier molecular flexibility index (Phi) is 3.05. The summed E-state index contributed by atoms with van der Waals surface area (Å²) in [6.45, 7) is 2.00. The standard InChI is InChI=1S/C20H11N3O/c1-12-5-7-15-14-8-6-13(10-21)16(11-22)19(14)24-20(15)18(12)17-4-2-3-9-23-17/h2-9H,1H3. The second-order valence-corrected chi connectivity index (χ2v) is 5.54. The minimum atomic E-state index is 0.274. The van der Waals surface area contributed by atoms with Gasteiger partial charge in [0.25, 0.3) is 0 Å². The summed E-state index contributed by atoms with van der Waals surface area (Å²) in [5.74, 6) is 0. The van der Waals surface area contributed by atoms with Crippen LogP contribution in [0.4, 0.5) is 0 Å². The van der Waals surface area contributed by atoms with E-state index in [9.17, 15) is 10.5 Å². The van der Waals surface area contributed by atoms with Gasteiger partial charge < -0.3 is 4.42 Å². The molecular formula is C20H11N3O. The van der Waals surface area contributed by atoms with Crippen LogP contribution in [0.5, 0.6) is 0 Å².